The standard InChI is InChI=1S/C24H32FN3O/c1-28(22-8-3-2-4-9-22)18-20-7-5-6-10-23(20)27-17-24(29)26-16-15-19-11-13-21(25)14-12-19/h5-7,10-14,22,27H,2-4,8-9,15-18H2,1H3,(H,26,29). The van der Waals surface area contributed by atoms with Crippen molar-refractivity contribution in [3.05, 3.63) is 65.5 Å². The topological polar surface area (TPSA) is 44.4 Å². The van der Waals surface area contributed by atoms with Crippen LogP contribution in [0.5, 0.6) is 0 Å². The summed E-state index contributed by atoms with van der Waals surface area (Å²) in [6.45, 7) is 1.67. The zero-order chi connectivity index (χ0) is 20.5. The number of nitrogens with zero attached hydrogens (tertiary/aromatic N) is 1. The van der Waals surface area contributed by atoms with Crippen molar-refractivity contribution in [3.8, 4) is 0 Å². The minimum atomic E-state index is -0.241. The van der Waals surface area contributed by atoms with Gasteiger partial charge in [0.1, 0.15) is 5.82 Å². The molecule has 1 aliphatic carbocycles. The van der Waals surface area contributed by atoms with Gasteiger partial charge >= 0.3 is 0 Å². The number of nitrogens with one attached hydrogen (secondary N) is 2. The molecule has 1 amide bonds. The molecular weight excluding hydrogens is 365 g/mol. The summed E-state index contributed by atoms with van der Waals surface area (Å²) in [5.41, 5.74) is 3.25. The number of hydrogen-bond acceptors (Lipinski definition) is 3. The first-order valence-electron chi connectivity index (χ1n) is 10.6. The lowest BCUT2D eigenvalue weighted by atomic mass is 9.94. The van der Waals surface area contributed by atoms with Crippen LogP contribution < -0.4 is 10.6 Å². The Hall–Kier alpha value is -2.40. The first-order valence-corrected chi connectivity index (χ1v) is 10.6. The van der Waals surface area contributed by atoms with E-state index in [0.717, 1.165) is 17.8 Å². The van der Waals surface area contributed by atoms with Crippen molar-refractivity contribution in [1.29, 1.82) is 0 Å². The lowest BCUT2D eigenvalue weighted by Crippen LogP contribution is -2.33. The molecular formula is C24H32FN3O. The quantitative estimate of drug-likeness (QED) is 0.661. The highest BCUT2D eigenvalue weighted by Gasteiger charge is 2.18. The number of anilines is 1. The predicted molar refractivity (Wildman–Crippen MR) is 116 cm³/mol. The van der Waals surface area contributed by atoms with Crippen LogP contribution in [0.25, 0.3) is 0 Å². The van der Waals surface area contributed by atoms with Crippen molar-refractivity contribution >= 4 is 11.6 Å². The SMILES string of the molecule is CN(Cc1ccccc1NCC(=O)NCCc1ccc(F)cc1)C1CCCCC1. The highest BCUT2D eigenvalue weighted by molar-refractivity contribution is 5.80. The normalized spacial score (nSPS) is 14.7. The first-order chi connectivity index (χ1) is 14.1. The Bertz CT molecular complexity index is 772. The molecule has 2 N–H and O–H groups in total. The van der Waals surface area contributed by atoms with Crippen LogP contribution in [-0.2, 0) is 17.8 Å². The molecule has 0 bridgehead atoms. The number of amides is 1. The molecule has 0 atom stereocenters. The van der Waals surface area contributed by atoms with Gasteiger partial charge in [0.15, 0.2) is 0 Å². The minimum absolute atomic E-state index is 0.0393. The molecule has 1 fully saturated rings. The smallest absolute Gasteiger partial charge is 0.239 e. The van der Waals surface area contributed by atoms with Gasteiger partial charge in [-0.05, 0) is 55.6 Å². The van der Waals surface area contributed by atoms with E-state index in [1.54, 1.807) is 12.1 Å². The van der Waals surface area contributed by atoms with E-state index in [4.69, 9.17) is 0 Å². The van der Waals surface area contributed by atoms with Crippen LogP contribution in [0.4, 0.5) is 10.1 Å². The second-order valence-electron chi connectivity index (χ2n) is 7.94. The van der Waals surface area contributed by atoms with E-state index in [0.29, 0.717) is 19.0 Å². The van der Waals surface area contributed by atoms with Crippen LogP contribution in [0.1, 0.15) is 43.2 Å². The van der Waals surface area contributed by atoms with Gasteiger partial charge in [0.05, 0.1) is 6.54 Å². The molecule has 0 spiro atoms. The molecule has 4 nitrogen and oxygen atoms in total. The molecule has 0 unspecified atom stereocenters. The van der Waals surface area contributed by atoms with Crippen molar-refractivity contribution < 1.29 is 9.18 Å². The van der Waals surface area contributed by atoms with Gasteiger partial charge in [-0.25, -0.2) is 4.39 Å². The first kappa shape index (κ1) is 21.3. The van der Waals surface area contributed by atoms with Crippen molar-refractivity contribution in [3.63, 3.8) is 0 Å². The Morgan fingerprint density at radius 1 is 1.07 bits per heavy atom. The summed E-state index contributed by atoms with van der Waals surface area (Å²) in [5.74, 6) is -0.280. The molecule has 5 heteroatoms. The van der Waals surface area contributed by atoms with Gasteiger partial charge in [0, 0.05) is 24.8 Å². The summed E-state index contributed by atoms with van der Waals surface area (Å²) in [6, 6.07) is 15.3. The fourth-order valence-corrected chi connectivity index (χ4v) is 3.99. The highest BCUT2D eigenvalue weighted by Crippen LogP contribution is 2.24. The average Bonchev–Trinajstić information content (AvgIpc) is 2.75. The van der Waals surface area contributed by atoms with E-state index in [1.165, 1.54) is 49.8 Å². The van der Waals surface area contributed by atoms with Crippen molar-refractivity contribution in [2.45, 2.75) is 51.1 Å². The molecule has 0 radical (unpaired) electrons. The van der Waals surface area contributed by atoms with E-state index in [-0.39, 0.29) is 18.3 Å². The van der Waals surface area contributed by atoms with E-state index in [9.17, 15) is 9.18 Å². The number of halogens is 1. The largest absolute Gasteiger partial charge is 0.376 e. The average molecular weight is 398 g/mol. The molecule has 1 saturated carbocycles. The summed E-state index contributed by atoms with van der Waals surface area (Å²) in [4.78, 5) is 14.6. The zero-order valence-corrected chi connectivity index (χ0v) is 17.3. The van der Waals surface area contributed by atoms with Gasteiger partial charge in [0.2, 0.25) is 5.91 Å². The number of hydrogen-bond donors (Lipinski definition) is 2. The molecule has 29 heavy (non-hydrogen) atoms. The molecule has 156 valence electrons. The van der Waals surface area contributed by atoms with Gasteiger partial charge in [-0.2, -0.15) is 0 Å². The Kier molecular flexibility index (Phi) is 8.05. The number of para-hydroxylation sites is 1. The maximum Gasteiger partial charge on any atom is 0.239 e. The van der Waals surface area contributed by atoms with E-state index in [2.05, 4.69) is 34.7 Å². The molecule has 0 heterocycles. The van der Waals surface area contributed by atoms with Crippen molar-refractivity contribution in [1.82, 2.24) is 10.2 Å². The second-order valence-corrected chi connectivity index (χ2v) is 7.94. The summed E-state index contributed by atoms with van der Waals surface area (Å²) in [6.07, 6.45) is 7.26. The monoisotopic (exact) mass is 397 g/mol. The van der Waals surface area contributed by atoms with Crippen LogP contribution >= 0.6 is 0 Å². The minimum Gasteiger partial charge on any atom is -0.376 e. The van der Waals surface area contributed by atoms with Gasteiger partial charge in [-0.1, -0.05) is 49.6 Å². The summed E-state index contributed by atoms with van der Waals surface area (Å²) >= 11 is 0. The number of carbonyl (C=O) groups excluding carboxylic acids is 1. The third kappa shape index (κ3) is 6.86. The maximum absolute atomic E-state index is 12.9. The van der Waals surface area contributed by atoms with E-state index < -0.39 is 0 Å². The Morgan fingerprint density at radius 3 is 2.55 bits per heavy atom. The number of rotatable bonds is 9. The highest BCUT2D eigenvalue weighted by atomic mass is 19.1. The number of benzene rings is 2. The molecule has 1 aliphatic rings. The Morgan fingerprint density at radius 2 is 1.79 bits per heavy atom. The van der Waals surface area contributed by atoms with Crippen LogP contribution in [-0.4, -0.2) is 37.0 Å². The molecule has 3 rings (SSSR count). The van der Waals surface area contributed by atoms with Gasteiger partial charge in [-0.3, -0.25) is 9.69 Å². The van der Waals surface area contributed by atoms with Gasteiger partial charge < -0.3 is 10.6 Å². The van der Waals surface area contributed by atoms with Crippen LogP contribution in [0.15, 0.2) is 48.5 Å². The second kappa shape index (κ2) is 11.0. The van der Waals surface area contributed by atoms with Gasteiger partial charge in [0.25, 0.3) is 0 Å². The van der Waals surface area contributed by atoms with E-state index >= 15 is 0 Å². The fourth-order valence-electron chi connectivity index (χ4n) is 3.99. The maximum atomic E-state index is 12.9. The predicted octanol–water partition coefficient (Wildman–Crippen LogP) is 4.36. The summed E-state index contributed by atoms with van der Waals surface area (Å²) < 4.78 is 12.9. The molecule has 2 aromatic rings. The van der Waals surface area contributed by atoms with Crippen LogP contribution in [0, 0.1) is 5.82 Å². The molecule has 2 aromatic carbocycles. The molecule has 0 aliphatic heterocycles. The third-order valence-electron chi connectivity index (χ3n) is 5.72. The fraction of sp³-hybridized carbons (Fsp3) is 0.458. The zero-order valence-electron chi connectivity index (χ0n) is 17.3. The Labute approximate surface area is 173 Å². The van der Waals surface area contributed by atoms with Crippen molar-refractivity contribution in [2.75, 3.05) is 25.5 Å². The molecule has 0 saturated heterocycles. The van der Waals surface area contributed by atoms with Crippen LogP contribution in [0.2, 0.25) is 0 Å². The number of carbonyl (C=O) groups is 1. The lowest BCUT2D eigenvalue weighted by molar-refractivity contribution is -0.119. The van der Waals surface area contributed by atoms with Crippen molar-refractivity contribution in [2.24, 2.45) is 0 Å². The van der Waals surface area contributed by atoms with E-state index in [1.807, 2.05) is 12.1 Å². The third-order valence-corrected chi connectivity index (χ3v) is 5.72. The van der Waals surface area contributed by atoms with Crippen LogP contribution in [0.3, 0.4) is 0 Å². The lowest BCUT2D eigenvalue weighted by Gasteiger charge is -2.31. The molecule has 0 aromatic heterocycles. The summed E-state index contributed by atoms with van der Waals surface area (Å²) in [5, 5.41) is 6.21. The Balaban J connectivity index is 1.44. The summed E-state index contributed by atoms with van der Waals surface area (Å²) in [7, 11) is 2.20. The van der Waals surface area contributed by atoms with Gasteiger partial charge in [-0.15, -0.1) is 0 Å².